The first kappa shape index (κ1) is 47.0. The van der Waals surface area contributed by atoms with Gasteiger partial charge in [-0.1, -0.05) is 35.0 Å². The SMILES string of the molecule is CC#Cc1c(C(=O)NC)nc(N2CCO[C@@H](c3cnn(C)c3)C2)nc1-c1ccc(Cl)cc1F.CC#Cc1c(C(=O)OC)nc(N2CCO[C@@H](c3cnn(C)c3)C2)nc1-c1ccc(Cl)cc1F. The quantitative estimate of drug-likeness (QED) is 0.132. The molecule has 0 aliphatic carbocycles. The Morgan fingerprint density at radius 2 is 1.20 bits per heavy atom. The molecule has 6 aromatic rings. The van der Waals surface area contributed by atoms with E-state index in [-0.39, 0.29) is 79.2 Å². The first-order valence-electron chi connectivity index (χ1n) is 20.4. The zero-order valence-electron chi connectivity index (χ0n) is 36.7. The van der Waals surface area contributed by atoms with E-state index >= 15 is 0 Å². The Kier molecular flexibility index (Phi) is 14.9. The number of esters is 1. The molecule has 0 spiro atoms. The van der Waals surface area contributed by atoms with Crippen molar-refractivity contribution in [1.82, 2.24) is 44.8 Å². The number of halogens is 4. The molecule has 0 unspecified atom stereocenters. The smallest absolute Gasteiger partial charge is 0.358 e. The highest BCUT2D eigenvalue weighted by atomic mass is 35.5. The molecular formula is C46H43Cl2F2N11O5. The van der Waals surface area contributed by atoms with Crippen LogP contribution < -0.4 is 15.1 Å². The highest BCUT2D eigenvalue weighted by Gasteiger charge is 2.31. The van der Waals surface area contributed by atoms with Gasteiger partial charge in [-0.2, -0.15) is 10.2 Å². The lowest BCUT2D eigenvalue weighted by molar-refractivity contribution is 0.0390. The Bertz CT molecular complexity index is 2730. The molecule has 4 aromatic heterocycles. The summed E-state index contributed by atoms with van der Waals surface area (Å²) in [6.07, 6.45) is 6.75. The molecule has 0 saturated carbocycles. The number of hydrogen-bond donors (Lipinski definition) is 1. The Morgan fingerprint density at radius 1 is 0.742 bits per heavy atom. The number of aryl methyl sites for hydroxylation is 2. The molecule has 2 fully saturated rings. The summed E-state index contributed by atoms with van der Waals surface area (Å²) in [5.74, 6) is 9.49. The first-order chi connectivity index (χ1) is 31.8. The van der Waals surface area contributed by atoms with Gasteiger partial charge in [0.2, 0.25) is 11.9 Å². The molecule has 2 aliphatic heterocycles. The van der Waals surface area contributed by atoms with E-state index in [9.17, 15) is 18.4 Å². The number of nitrogens with zero attached hydrogens (tertiary/aromatic N) is 10. The van der Waals surface area contributed by atoms with Crippen LogP contribution >= 0.6 is 23.2 Å². The molecule has 1 N–H and O–H groups in total. The Morgan fingerprint density at radius 3 is 1.59 bits per heavy atom. The minimum absolute atomic E-state index is 0.0365. The van der Waals surface area contributed by atoms with Gasteiger partial charge in [-0.05, 0) is 50.2 Å². The van der Waals surface area contributed by atoms with E-state index in [0.717, 1.165) is 11.1 Å². The largest absolute Gasteiger partial charge is 0.464 e. The van der Waals surface area contributed by atoms with Crippen molar-refractivity contribution in [3.8, 4) is 46.2 Å². The standard InChI is InChI=1S/C23H22ClFN6O2.C23H21ClFN5O3/c1-4-5-17-20(16-7-6-15(24)10-18(16)25)28-23(29-21(17)22(32)26-2)31-8-9-33-19(13-31)14-11-27-30(3)12-14;1-4-5-17-20(16-7-6-15(24)10-18(16)25)27-23(28-21(17)22(31)32-3)30-8-9-33-19(13-30)14-11-26-29(2)12-14/h6-7,10-12,19H,8-9,13H2,1-3H3,(H,26,32);6-7,10-12,19H,8-9,13H2,1-3H3/t2*19-/m11/s1. The fourth-order valence-electron chi connectivity index (χ4n) is 7.23. The van der Waals surface area contributed by atoms with Gasteiger partial charge in [0.05, 0.1) is 68.3 Å². The Hall–Kier alpha value is -6.96. The van der Waals surface area contributed by atoms with Crippen LogP contribution in [0.2, 0.25) is 10.0 Å². The molecule has 2 saturated heterocycles. The topological polar surface area (TPSA) is 168 Å². The maximum atomic E-state index is 14.9. The summed E-state index contributed by atoms with van der Waals surface area (Å²) in [4.78, 5) is 47.4. The van der Waals surface area contributed by atoms with Crippen LogP contribution in [0.25, 0.3) is 22.5 Å². The number of benzene rings is 2. The van der Waals surface area contributed by atoms with Gasteiger partial charge in [-0.3, -0.25) is 14.2 Å². The lowest BCUT2D eigenvalue weighted by Crippen LogP contribution is -2.40. The number of rotatable bonds is 8. The number of anilines is 2. The number of ether oxygens (including phenoxy) is 3. The molecule has 1 amide bonds. The number of nitrogens with one attached hydrogen (secondary N) is 1. The minimum Gasteiger partial charge on any atom is -0.464 e. The maximum absolute atomic E-state index is 14.9. The summed E-state index contributed by atoms with van der Waals surface area (Å²) in [6.45, 7) is 5.94. The van der Waals surface area contributed by atoms with Crippen molar-refractivity contribution in [1.29, 1.82) is 0 Å². The number of carbonyl (C=O) groups excluding carboxylic acids is 2. The molecule has 20 heteroatoms. The van der Waals surface area contributed by atoms with Gasteiger partial charge in [0.15, 0.2) is 5.69 Å². The van der Waals surface area contributed by atoms with Gasteiger partial charge in [0, 0.05) is 78.9 Å². The van der Waals surface area contributed by atoms with Gasteiger partial charge in [0.25, 0.3) is 5.91 Å². The van der Waals surface area contributed by atoms with Crippen molar-refractivity contribution in [2.45, 2.75) is 26.1 Å². The fraction of sp³-hybridized carbons (Fsp3) is 0.304. The van der Waals surface area contributed by atoms with Crippen LogP contribution in [-0.4, -0.2) is 105 Å². The predicted molar refractivity (Wildman–Crippen MR) is 243 cm³/mol. The number of amides is 1. The van der Waals surface area contributed by atoms with Crippen molar-refractivity contribution in [2.75, 3.05) is 63.4 Å². The van der Waals surface area contributed by atoms with Crippen LogP contribution in [0.4, 0.5) is 20.7 Å². The Labute approximate surface area is 389 Å². The van der Waals surface area contributed by atoms with E-state index in [1.54, 1.807) is 47.7 Å². The summed E-state index contributed by atoms with van der Waals surface area (Å²) < 4.78 is 49.9. The summed E-state index contributed by atoms with van der Waals surface area (Å²) >= 11 is 11.9. The average molecular weight is 939 g/mol. The molecule has 0 radical (unpaired) electrons. The van der Waals surface area contributed by atoms with Crippen molar-refractivity contribution in [3.05, 3.63) is 117 Å². The number of morpholine rings is 2. The molecule has 340 valence electrons. The van der Waals surface area contributed by atoms with Gasteiger partial charge < -0.3 is 29.3 Å². The van der Waals surface area contributed by atoms with Crippen molar-refractivity contribution >= 4 is 47.0 Å². The van der Waals surface area contributed by atoms with E-state index in [0.29, 0.717) is 39.4 Å². The Balaban J connectivity index is 0.000000196. The lowest BCUT2D eigenvalue weighted by atomic mass is 10.0. The van der Waals surface area contributed by atoms with E-state index in [4.69, 9.17) is 37.4 Å². The van der Waals surface area contributed by atoms with E-state index in [2.05, 4.69) is 59.1 Å². The van der Waals surface area contributed by atoms with E-state index in [1.807, 2.05) is 36.3 Å². The second kappa shape index (κ2) is 20.9. The molecule has 2 aliphatic rings. The molecule has 0 bridgehead atoms. The summed E-state index contributed by atoms with van der Waals surface area (Å²) in [6, 6.07) is 8.54. The van der Waals surface area contributed by atoms with Gasteiger partial charge >= 0.3 is 5.97 Å². The van der Waals surface area contributed by atoms with Crippen LogP contribution in [0.1, 0.15) is 69.3 Å². The zero-order chi connectivity index (χ0) is 47.1. The molecule has 6 heterocycles. The summed E-state index contributed by atoms with van der Waals surface area (Å²) in [7, 11) is 6.42. The van der Waals surface area contributed by atoms with Crippen LogP contribution in [0.15, 0.2) is 61.2 Å². The highest BCUT2D eigenvalue weighted by Crippen LogP contribution is 2.34. The highest BCUT2D eigenvalue weighted by molar-refractivity contribution is 6.31. The van der Waals surface area contributed by atoms with E-state index in [1.165, 1.54) is 38.4 Å². The maximum Gasteiger partial charge on any atom is 0.358 e. The number of hydrogen-bond acceptors (Lipinski definition) is 13. The monoisotopic (exact) mass is 937 g/mol. The summed E-state index contributed by atoms with van der Waals surface area (Å²) in [5, 5.41) is 11.5. The normalized spacial score (nSPS) is 15.7. The minimum atomic E-state index is -0.691. The third-order valence-electron chi connectivity index (χ3n) is 10.4. The van der Waals surface area contributed by atoms with Crippen LogP contribution in [0.5, 0.6) is 0 Å². The molecule has 66 heavy (non-hydrogen) atoms. The van der Waals surface area contributed by atoms with Gasteiger partial charge in [-0.15, -0.1) is 11.8 Å². The van der Waals surface area contributed by atoms with E-state index < -0.39 is 23.5 Å². The molecular weight excluding hydrogens is 895 g/mol. The third kappa shape index (κ3) is 10.4. The number of aromatic nitrogens is 8. The number of methoxy groups -OCH3 is 1. The zero-order valence-corrected chi connectivity index (χ0v) is 38.2. The molecule has 16 nitrogen and oxygen atoms in total. The second-order valence-corrected chi connectivity index (χ2v) is 15.6. The second-order valence-electron chi connectivity index (χ2n) is 14.8. The molecule has 8 rings (SSSR count). The van der Waals surface area contributed by atoms with Crippen molar-refractivity contribution < 1.29 is 32.6 Å². The van der Waals surface area contributed by atoms with Gasteiger partial charge in [-0.25, -0.2) is 33.5 Å². The lowest BCUT2D eigenvalue weighted by Gasteiger charge is -2.33. The van der Waals surface area contributed by atoms with Gasteiger partial charge in [0.1, 0.15) is 29.5 Å². The van der Waals surface area contributed by atoms with Crippen molar-refractivity contribution in [3.63, 3.8) is 0 Å². The molecule has 2 aromatic carbocycles. The average Bonchev–Trinajstić information content (AvgIpc) is 3.97. The first-order valence-corrected chi connectivity index (χ1v) is 21.2. The van der Waals surface area contributed by atoms with Crippen LogP contribution in [0.3, 0.4) is 0 Å². The summed E-state index contributed by atoms with van der Waals surface area (Å²) in [5.41, 5.74) is 3.06. The van der Waals surface area contributed by atoms with Crippen LogP contribution in [0, 0.1) is 35.3 Å². The third-order valence-corrected chi connectivity index (χ3v) is 10.8. The molecule has 2 atom stereocenters. The van der Waals surface area contributed by atoms with Crippen LogP contribution in [-0.2, 0) is 28.3 Å². The van der Waals surface area contributed by atoms with Crippen molar-refractivity contribution in [2.24, 2.45) is 14.1 Å². The number of carbonyl (C=O) groups is 2. The fourth-order valence-corrected chi connectivity index (χ4v) is 7.54. The predicted octanol–water partition coefficient (Wildman–Crippen LogP) is 6.38.